The molecular formula is C25H27F5N6O3S. The van der Waals surface area contributed by atoms with Crippen molar-refractivity contribution in [2.45, 2.75) is 80.4 Å². The lowest BCUT2D eigenvalue weighted by Gasteiger charge is -2.23. The standard InChI is InChI=1S/C25H27F5N6O3S/c1-24(2)38-19-12(10-37)8-17(20(19)39-24)36-22-18(34-35-36)21(32-23(33-22)40-6-5-25(28,29)30)31-16-9-13(16)11-3-4-14(26)15(27)7-11/h3-4,7,12-13,16-17,19-20,37H,5-6,8-10H2,1-2H3,(H,31,32,33). The van der Waals surface area contributed by atoms with Gasteiger partial charge in [-0.15, -0.1) is 5.10 Å². The van der Waals surface area contributed by atoms with Crippen LogP contribution in [0.3, 0.4) is 0 Å². The predicted octanol–water partition coefficient (Wildman–Crippen LogP) is 4.59. The summed E-state index contributed by atoms with van der Waals surface area (Å²) in [6.07, 6.45) is -5.04. The highest BCUT2D eigenvalue weighted by Gasteiger charge is 2.55. The Hall–Kier alpha value is -2.62. The fourth-order valence-corrected chi connectivity index (χ4v) is 6.40. The highest BCUT2D eigenvalue weighted by Crippen LogP contribution is 2.48. The predicted molar refractivity (Wildman–Crippen MR) is 134 cm³/mol. The van der Waals surface area contributed by atoms with Crippen molar-refractivity contribution in [3.05, 3.63) is 35.4 Å². The molecule has 9 nitrogen and oxygen atoms in total. The lowest BCUT2D eigenvalue weighted by Crippen LogP contribution is -2.28. The van der Waals surface area contributed by atoms with Gasteiger partial charge < -0.3 is 19.9 Å². The number of fused-ring (bicyclic) bond motifs is 2. The van der Waals surface area contributed by atoms with Crippen LogP contribution in [0, 0.1) is 17.6 Å². The molecule has 0 bridgehead atoms. The molecule has 6 unspecified atom stereocenters. The minimum atomic E-state index is -4.32. The Morgan fingerprint density at radius 3 is 2.62 bits per heavy atom. The van der Waals surface area contributed by atoms with E-state index in [1.54, 1.807) is 18.5 Å². The highest BCUT2D eigenvalue weighted by molar-refractivity contribution is 7.99. The van der Waals surface area contributed by atoms with Gasteiger partial charge in [-0.25, -0.2) is 23.4 Å². The normalized spacial score (nSPS) is 29.2. The second-order valence-corrected chi connectivity index (χ2v) is 11.9. The number of rotatable bonds is 8. The third-order valence-electron chi connectivity index (χ3n) is 7.50. The van der Waals surface area contributed by atoms with Crippen molar-refractivity contribution in [2.24, 2.45) is 5.92 Å². The number of aliphatic hydroxyl groups is 1. The smallest absolute Gasteiger partial charge is 0.389 e. The van der Waals surface area contributed by atoms with Gasteiger partial charge in [0.2, 0.25) is 0 Å². The van der Waals surface area contributed by atoms with E-state index >= 15 is 0 Å². The summed E-state index contributed by atoms with van der Waals surface area (Å²) >= 11 is 0.865. The third kappa shape index (κ3) is 5.35. The Balaban J connectivity index is 1.31. The summed E-state index contributed by atoms with van der Waals surface area (Å²) in [6, 6.07) is 3.19. The zero-order chi connectivity index (χ0) is 28.4. The van der Waals surface area contributed by atoms with Crippen molar-refractivity contribution in [1.29, 1.82) is 0 Å². The van der Waals surface area contributed by atoms with E-state index in [-0.39, 0.29) is 53.4 Å². The zero-order valence-electron chi connectivity index (χ0n) is 21.5. The summed E-state index contributed by atoms with van der Waals surface area (Å²) in [5, 5.41) is 22.0. The maximum Gasteiger partial charge on any atom is 0.389 e. The Labute approximate surface area is 229 Å². The van der Waals surface area contributed by atoms with E-state index in [1.165, 1.54) is 6.07 Å². The van der Waals surface area contributed by atoms with Gasteiger partial charge in [0.25, 0.3) is 0 Å². The molecule has 1 saturated heterocycles. The van der Waals surface area contributed by atoms with Gasteiger partial charge in [0.1, 0.15) is 6.10 Å². The van der Waals surface area contributed by atoms with Crippen molar-refractivity contribution in [3.63, 3.8) is 0 Å². The highest BCUT2D eigenvalue weighted by atomic mass is 32.2. The lowest BCUT2D eigenvalue weighted by atomic mass is 10.1. The van der Waals surface area contributed by atoms with E-state index in [0.717, 1.165) is 23.9 Å². The number of hydrogen-bond donors (Lipinski definition) is 2. The van der Waals surface area contributed by atoms with Crippen LogP contribution in [0.2, 0.25) is 0 Å². The van der Waals surface area contributed by atoms with Crippen molar-refractivity contribution in [1.82, 2.24) is 25.0 Å². The Morgan fingerprint density at radius 1 is 1.12 bits per heavy atom. The number of aliphatic hydroxyl groups excluding tert-OH is 1. The second kappa shape index (κ2) is 10.0. The number of hydrogen-bond acceptors (Lipinski definition) is 9. The summed E-state index contributed by atoms with van der Waals surface area (Å²) in [4.78, 5) is 8.97. The average Bonchev–Trinajstić information content (AvgIpc) is 3.20. The molecule has 216 valence electrons. The summed E-state index contributed by atoms with van der Waals surface area (Å²) in [6.45, 7) is 3.46. The molecule has 6 atom stereocenters. The molecule has 1 aliphatic heterocycles. The quantitative estimate of drug-likeness (QED) is 0.223. The third-order valence-corrected chi connectivity index (χ3v) is 8.35. The van der Waals surface area contributed by atoms with Crippen LogP contribution in [-0.2, 0) is 9.47 Å². The first kappa shape index (κ1) is 27.5. The van der Waals surface area contributed by atoms with Gasteiger partial charge in [0.05, 0.1) is 18.6 Å². The molecule has 40 heavy (non-hydrogen) atoms. The Bertz CT molecular complexity index is 1420. The van der Waals surface area contributed by atoms with Gasteiger partial charge in [-0.3, -0.25) is 0 Å². The first-order valence-electron chi connectivity index (χ1n) is 12.9. The number of ether oxygens (including phenoxy) is 2. The van der Waals surface area contributed by atoms with E-state index in [9.17, 15) is 27.1 Å². The molecule has 3 fully saturated rings. The fraction of sp³-hybridized carbons (Fsp3) is 0.600. The van der Waals surface area contributed by atoms with Crippen molar-refractivity contribution in [2.75, 3.05) is 17.7 Å². The van der Waals surface area contributed by atoms with Crippen LogP contribution in [0.5, 0.6) is 0 Å². The topological polar surface area (TPSA) is 107 Å². The van der Waals surface area contributed by atoms with Gasteiger partial charge in [-0.2, -0.15) is 13.2 Å². The van der Waals surface area contributed by atoms with Crippen LogP contribution in [0.25, 0.3) is 11.2 Å². The van der Waals surface area contributed by atoms with Crippen LogP contribution in [0.4, 0.5) is 27.8 Å². The fourth-order valence-electron chi connectivity index (χ4n) is 5.57. The Morgan fingerprint density at radius 2 is 1.90 bits per heavy atom. The average molecular weight is 587 g/mol. The number of anilines is 1. The number of halogens is 5. The molecule has 6 rings (SSSR count). The summed E-state index contributed by atoms with van der Waals surface area (Å²) in [7, 11) is 0. The van der Waals surface area contributed by atoms with Crippen molar-refractivity contribution < 1.29 is 36.5 Å². The molecule has 2 aromatic heterocycles. The van der Waals surface area contributed by atoms with Crippen LogP contribution < -0.4 is 5.32 Å². The molecule has 15 heteroatoms. The van der Waals surface area contributed by atoms with Crippen molar-refractivity contribution >= 4 is 28.7 Å². The number of nitrogens with zero attached hydrogens (tertiary/aromatic N) is 5. The molecule has 2 saturated carbocycles. The van der Waals surface area contributed by atoms with Crippen LogP contribution in [-0.4, -0.2) is 72.6 Å². The van der Waals surface area contributed by atoms with Gasteiger partial charge in [-0.1, -0.05) is 23.0 Å². The van der Waals surface area contributed by atoms with E-state index in [2.05, 4.69) is 25.6 Å². The molecule has 0 radical (unpaired) electrons. The largest absolute Gasteiger partial charge is 0.396 e. The maximum atomic E-state index is 13.8. The maximum absolute atomic E-state index is 13.8. The zero-order valence-corrected chi connectivity index (χ0v) is 22.3. The summed E-state index contributed by atoms with van der Waals surface area (Å²) in [5.41, 5.74) is 1.25. The molecule has 0 spiro atoms. The molecule has 3 aliphatic rings. The first-order valence-corrected chi connectivity index (χ1v) is 13.9. The molecule has 2 N–H and O–H groups in total. The molecular weight excluding hydrogens is 559 g/mol. The Kier molecular flexibility index (Phi) is 6.91. The van der Waals surface area contributed by atoms with Gasteiger partial charge in [-0.05, 0) is 44.4 Å². The molecule has 3 heterocycles. The number of thioether (sulfide) groups is 1. The number of alkyl halides is 3. The van der Waals surface area contributed by atoms with E-state index in [4.69, 9.17) is 9.47 Å². The molecule has 3 aromatic rings. The SMILES string of the molecule is CC1(C)OC2C(CO)CC(n3nnc4c(NC5CC5c5ccc(F)c(F)c5)nc(SCCC(F)(F)F)nc43)C2O1. The monoisotopic (exact) mass is 586 g/mol. The van der Waals surface area contributed by atoms with Crippen LogP contribution >= 0.6 is 11.8 Å². The minimum absolute atomic E-state index is 0.108. The minimum Gasteiger partial charge on any atom is -0.396 e. The molecule has 0 amide bonds. The molecule has 1 aromatic carbocycles. The van der Waals surface area contributed by atoms with Gasteiger partial charge in [0.15, 0.2) is 39.6 Å². The molecule has 2 aliphatic carbocycles. The summed E-state index contributed by atoms with van der Waals surface area (Å²) < 4.78 is 79.4. The van der Waals surface area contributed by atoms with Gasteiger partial charge >= 0.3 is 6.18 Å². The van der Waals surface area contributed by atoms with Crippen LogP contribution in [0.15, 0.2) is 23.4 Å². The van der Waals surface area contributed by atoms with E-state index < -0.39 is 36.1 Å². The van der Waals surface area contributed by atoms with E-state index in [0.29, 0.717) is 29.6 Å². The van der Waals surface area contributed by atoms with Crippen LogP contribution in [0.1, 0.15) is 50.6 Å². The lowest BCUT2D eigenvalue weighted by molar-refractivity contribution is -0.162. The number of aromatic nitrogens is 5. The summed E-state index contributed by atoms with van der Waals surface area (Å²) in [5.74, 6) is -3.03. The van der Waals surface area contributed by atoms with E-state index in [1.807, 2.05) is 0 Å². The number of nitrogens with one attached hydrogen (secondary N) is 1. The number of benzene rings is 1. The van der Waals surface area contributed by atoms with Crippen molar-refractivity contribution in [3.8, 4) is 0 Å². The van der Waals surface area contributed by atoms with Gasteiger partial charge in [0, 0.05) is 30.2 Å². The second-order valence-electron chi connectivity index (χ2n) is 10.9. The first-order chi connectivity index (χ1) is 18.9.